The first-order chi connectivity index (χ1) is 6.27. The summed E-state index contributed by atoms with van der Waals surface area (Å²) in [5.74, 6) is 0. The molecule has 2 aromatic rings. The lowest BCUT2D eigenvalue weighted by atomic mass is 10.3. The minimum absolute atomic E-state index is 0.304. The Hall–Kier alpha value is -0.980. The van der Waals surface area contributed by atoms with E-state index in [9.17, 15) is 8.76 Å². The fraction of sp³-hybridized carbons (Fsp3) is 0. The van der Waals surface area contributed by atoms with Crippen LogP contribution in [0.4, 0.5) is 0 Å². The zero-order valence-electron chi connectivity index (χ0n) is 6.30. The maximum atomic E-state index is 10.6. The maximum Gasteiger partial charge on any atom is 0.124 e. The largest absolute Gasteiger partial charge is 0.768 e. The molecule has 0 N–H and O–H groups in total. The minimum Gasteiger partial charge on any atom is -0.768 e. The second kappa shape index (κ2) is 3.41. The molecule has 4 nitrogen and oxygen atoms in total. The van der Waals surface area contributed by atoms with E-state index in [1.807, 2.05) is 0 Å². The van der Waals surface area contributed by atoms with Crippen LogP contribution in [0, 0.1) is 0 Å². The Labute approximate surface area is 80.5 Å². The lowest BCUT2D eigenvalue weighted by Crippen LogP contribution is -1.80. The number of thiophene rings is 1. The van der Waals surface area contributed by atoms with Gasteiger partial charge in [0, 0.05) is 6.07 Å². The molecule has 0 radical (unpaired) electrons. The van der Waals surface area contributed by atoms with Gasteiger partial charge in [0.25, 0.3) is 0 Å². The number of hydrogen-bond donors (Lipinski definition) is 0. The molecule has 0 fully saturated rings. The lowest BCUT2D eigenvalue weighted by molar-refractivity contribution is 0.422. The van der Waals surface area contributed by atoms with Crippen LogP contribution in [-0.2, 0) is 11.1 Å². The number of rotatable bonds is 2. The van der Waals surface area contributed by atoms with Crippen LogP contribution in [0.1, 0.15) is 0 Å². The predicted molar refractivity (Wildman–Crippen MR) is 47.0 cm³/mol. The van der Waals surface area contributed by atoms with E-state index in [-0.39, 0.29) is 0 Å². The third-order valence-corrected chi connectivity index (χ3v) is 3.46. The van der Waals surface area contributed by atoms with Crippen LogP contribution in [0.15, 0.2) is 33.2 Å². The quantitative estimate of drug-likeness (QED) is 0.713. The van der Waals surface area contributed by atoms with E-state index in [4.69, 9.17) is 0 Å². The molecule has 1 unspecified atom stereocenters. The maximum absolute atomic E-state index is 10.6. The molecule has 2 rings (SSSR count). The van der Waals surface area contributed by atoms with Crippen LogP contribution in [0.5, 0.6) is 0 Å². The van der Waals surface area contributed by atoms with Gasteiger partial charge in [-0.15, -0.1) is 11.3 Å². The van der Waals surface area contributed by atoms with Crippen molar-refractivity contribution in [2.75, 3.05) is 0 Å². The van der Waals surface area contributed by atoms with Crippen molar-refractivity contribution in [3.05, 3.63) is 24.5 Å². The summed E-state index contributed by atoms with van der Waals surface area (Å²) in [4.78, 5) is 0.785. The summed E-state index contributed by atoms with van der Waals surface area (Å²) in [5.41, 5.74) is 0.654. The molecule has 0 saturated carbocycles. The molecule has 13 heavy (non-hydrogen) atoms. The van der Waals surface area contributed by atoms with Crippen molar-refractivity contribution < 1.29 is 13.3 Å². The van der Waals surface area contributed by atoms with Gasteiger partial charge in [0.05, 0.1) is 9.09 Å². The van der Waals surface area contributed by atoms with Gasteiger partial charge < -0.3 is 9.08 Å². The van der Waals surface area contributed by atoms with Crippen molar-refractivity contribution in [3.8, 4) is 10.6 Å². The molecule has 0 aliphatic carbocycles. The standard InChI is InChI=1S/C7H5NO3S2/c9-13(10)7-2-1-6(12-7)5-3-4-11-8-5/h1-4H,(H,9,10)/p-1. The van der Waals surface area contributed by atoms with Crippen LogP contribution >= 0.6 is 11.3 Å². The topological polar surface area (TPSA) is 66.2 Å². The van der Waals surface area contributed by atoms with Gasteiger partial charge in [0.15, 0.2) is 0 Å². The highest BCUT2D eigenvalue weighted by Crippen LogP contribution is 2.27. The molecule has 1 atom stereocenters. The van der Waals surface area contributed by atoms with Crippen molar-refractivity contribution >= 4 is 22.4 Å². The Kier molecular flexibility index (Phi) is 2.26. The Morgan fingerprint density at radius 3 is 2.85 bits per heavy atom. The van der Waals surface area contributed by atoms with E-state index >= 15 is 0 Å². The molecule has 68 valence electrons. The molecular weight excluding hydrogens is 210 g/mol. The zero-order chi connectivity index (χ0) is 9.26. The van der Waals surface area contributed by atoms with E-state index < -0.39 is 11.1 Å². The highest BCUT2D eigenvalue weighted by atomic mass is 32.2. The molecule has 2 heterocycles. The Morgan fingerprint density at radius 2 is 2.31 bits per heavy atom. The number of nitrogens with zero attached hydrogens (tertiary/aromatic N) is 1. The summed E-state index contributed by atoms with van der Waals surface area (Å²) in [5, 5.41) is 3.69. The molecule has 0 amide bonds. The fourth-order valence-corrected chi connectivity index (χ4v) is 2.31. The van der Waals surface area contributed by atoms with Crippen molar-refractivity contribution in [2.45, 2.75) is 4.21 Å². The van der Waals surface area contributed by atoms with E-state index in [2.05, 4.69) is 9.68 Å². The van der Waals surface area contributed by atoms with Crippen LogP contribution in [0.25, 0.3) is 10.6 Å². The van der Waals surface area contributed by atoms with Crippen molar-refractivity contribution in [1.29, 1.82) is 0 Å². The molecule has 0 spiro atoms. The Bertz CT molecular complexity index is 421. The van der Waals surface area contributed by atoms with E-state index in [0.717, 1.165) is 16.2 Å². The molecular formula is C7H4NO3S2-. The minimum atomic E-state index is -2.16. The molecule has 6 heteroatoms. The summed E-state index contributed by atoms with van der Waals surface area (Å²) in [7, 11) is 0. The van der Waals surface area contributed by atoms with Gasteiger partial charge >= 0.3 is 0 Å². The average molecular weight is 214 g/mol. The Morgan fingerprint density at radius 1 is 1.46 bits per heavy atom. The second-order valence-corrected chi connectivity index (χ2v) is 4.49. The normalized spacial score (nSPS) is 13.0. The van der Waals surface area contributed by atoms with Crippen molar-refractivity contribution in [1.82, 2.24) is 5.16 Å². The molecule has 0 aliphatic heterocycles. The summed E-state index contributed by atoms with van der Waals surface area (Å²) in [6.45, 7) is 0. The van der Waals surface area contributed by atoms with Crippen molar-refractivity contribution in [3.63, 3.8) is 0 Å². The van der Waals surface area contributed by atoms with Gasteiger partial charge in [-0.3, -0.25) is 4.21 Å². The third kappa shape index (κ3) is 1.69. The van der Waals surface area contributed by atoms with Crippen molar-refractivity contribution in [2.24, 2.45) is 0 Å². The molecule has 2 aromatic heterocycles. The lowest BCUT2D eigenvalue weighted by Gasteiger charge is -1.97. The van der Waals surface area contributed by atoms with Crippen LogP contribution < -0.4 is 0 Å². The van der Waals surface area contributed by atoms with Gasteiger partial charge in [0.2, 0.25) is 0 Å². The monoisotopic (exact) mass is 214 g/mol. The first kappa shape index (κ1) is 8.61. The summed E-state index contributed by atoms with van der Waals surface area (Å²) >= 11 is -0.996. The molecule has 0 bridgehead atoms. The van der Waals surface area contributed by atoms with E-state index in [1.54, 1.807) is 12.1 Å². The first-order valence-electron chi connectivity index (χ1n) is 3.37. The molecule has 0 aliphatic rings. The average Bonchev–Trinajstić information content (AvgIpc) is 2.75. The van der Waals surface area contributed by atoms with Crippen LogP contribution in [-0.4, -0.2) is 13.9 Å². The van der Waals surface area contributed by atoms with Gasteiger partial charge in [-0.2, -0.15) is 0 Å². The number of hydrogen-bond acceptors (Lipinski definition) is 5. The van der Waals surface area contributed by atoms with Gasteiger partial charge in [0.1, 0.15) is 12.0 Å². The molecule has 0 aromatic carbocycles. The first-order valence-corrected chi connectivity index (χ1v) is 5.26. The SMILES string of the molecule is O=S([O-])c1ccc(-c2ccon2)s1. The molecule has 0 saturated heterocycles. The highest BCUT2D eigenvalue weighted by molar-refractivity contribution is 7.81. The Balaban J connectivity index is 2.39. The highest BCUT2D eigenvalue weighted by Gasteiger charge is 2.05. The summed E-state index contributed by atoms with van der Waals surface area (Å²) < 4.78 is 26.0. The number of aromatic nitrogens is 1. The fourth-order valence-electron chi connectivity index (χ4n) is 0.887. The predicted octanol–water partition coefficient (Wildman–Crippen LogP) is 1.64. The van der Waals surface area contributed by atoms with Gasteiger partial charge in [-0.05, 0) is 23.2 Å². The summed E-state index contributed by atoms with van der Waals surface area (Å²) in [6.07, 6.45) is 1.45. The van der Waals surface area contributed by atoms with E-state index in [1.165, 1.54) is 12.3 Å². The summed E-state index contributed by atoms with van der Waals surface area (Å²) in [6, 6.07) is 4.93. The second-order valence-electron chi connectivity index (χ2n) is 2.24. The van der Waals surface area contributed by atoms with Gasteiger partial charge in [-0.25, -0.2) is 0 Å². The zero-order valence-corrected chi connectivity index (χ0v) is 7.93. The van der Waals surface area contributed by atoms with Crippen LogP contribution in [0.2, 0.25) is 0 Å². The van der Waals surface area contributed by atoms with Crippen LogP contribution in [0.3, 0.4) is 0 Å². The van der Waals surface area contributed by atoms with E-state index in [0.29, 0.717) is 9.90 Å². The third-order valence-electron chi connectivity index (χ3n) is 1.44. The van der Waals surface area contributed by atoms with Gasteiger partial charge in [-0.1, -0.05) is 5.16 Å². The smallest absolute Gasteiger partial charge is 0.124 e.